The molecule has 2 N–H and O–H groups in total. The number of carbonyl (C=O) groups excluding carboxylic acids is 1. The van der Waals surface area contributed by atoms with E-state index in [0.717, 1.165) is 10.0 Å². The molecular formula is C33H28BrCl2N5O4. The van der Waals surface area contributed by atoms with E-state index in [1.165, 1.54) is 0 Å². The molecule has 230 valence electrons. The summed E-state index contributed by atoms with van der Waals surface area (Å²) in [7, 11) is 0. The van der Waals surface area contributed by atoms with Gasteiger partial charge in [0.15, 0.2) is 11.6 Å². The van der Waals surface area contributed by atoms with Crippen LogP contribution in [0.15, 0.2) is 106 Å². The van der Waals surface area contributed by atoms with Crippen LogP contribution in [-0.4, -0.2) is 35.7 Å². The summed E-state index contributed by atoms with van der Waals surface area (Å²) in [5.41, 5.74) is 10.8. The van der Waals surface area contributed by atoms with Gasteiger partial charge in [-0.2, -0.15) is 0 Å². The molecule has 2 atom stereocenters. The Balaban J connectivity index is 1.60. The third-order valence-electron chi connectivity index (χ3n) is 7.24. The quantitative estimate of drug-likeness (QED) is 0.0664. The highest BCUT2D eigenvalue weighted by molar-refractivity contribution is 9.10. The lowest BCUT2D eigenvalue weighted by atomic mass is 9.81. The van der Waals surface area contributed by atoms with Crippen molar-refractivity contribution in [3.05, 3.63) is 138 Å². The first-order valence-corrected chi connectivity index (χ1v) is 15.6. The molecule has 9 nitrogen and oxygen atoms in total. The number of aliphatic hydroxyl groups excluding tert-OH is 1. The van der Waals surface area contributed by atoms with Gasteiger partial charge >= 0.3 is 0 Å². The zero-order valence-corrected chi connectivity index (χ0v) is 27.0. The first-order chi connectivity index (χ1) is 21.8. The van der Waals surface area contributed by atoms with Crippen molar-refractivity contribution in [2.24, 2.45) is 10.1 Å². The zero-order chi connectivity index (χ0) is 31.8. The van der Waals surface area contributed by atoms with Gasteiger partial charge in [-0.25, -0.2) is 4.99 Å². The highest BCUT2D eigenvalue weighted by Gasteiger charge is 2.53. The smallest absolute Gasteiger partial charge is 0.252 e. The molecule has 0 fully saturated rings. The van der Waals surface area contributed by atoms with Crippen LogP contribution in [0, 0.1) is 0 Å². The molecule has 1 aliphatic rings. The molecule has 1 aliphatic heterocycles. The molecule has 1 amide bonds. The lowest BCUT2D eigenvalue weighted by Gasteiger charge is -2.31. The number of azide groups is 1. The largest absolute Gasteiger partial charge is 0.494 e. The van der Waals surface area contributed by atoms with Gasteiger partial charge in [0.25, 0.3) is 5.91 Å². The Morgan fingerprint density at radius 3 is 2.56 bits per heavy atom. The van der Waals surface area contributed by atoms with Crippen molar-refractivity contribution in [2.75, 3.05) is 13.2 Å². The summed E-state index contributed by atoms with van der Waals surface area (Å²) in [5.74, 6) is 0.459. The van der Waals surface area contributed by atoms with Gasteiger partial charge in [0, 0.05) is 62.2 Å². The minimum atomic E-state index is -1.51. The van der Waals surface area contributed by atoms with Crippen LogP contribution in [0.4, 0.5) is 5.69 Å². The highest BCUT2D eigenvalue weighted by atomic mass is 79.9. The van der Waals surface area contributed by atoms with E-state index in [9.17, 15) is 10.3 Å². The van der Waals surface area contributed by atoms with Crippen LogP contribution < -0.4 is 10.1 Å². The number of hydrogen-bond acceptors (Lipinski definition) is 6. The lowest BCUT2D eigenvalue weighted by molar-refractivity contribution is -0.129. The Kier molecular flexibility index (Phi) is 10.7. The van der Waals surface area contributed by atoms with Crippen molar-refractivity contribution >= 4 is 56.6 Å². The van der Waals surface area contributed by atoms with E-state index < -0.39 is 17.6 Å². The molecule has 1 heterocycles. The molecule has 0 radical (unpaired) electrons. The summed E-state index contributed by atoms with van der Waals surface area (Å²) < 4.78 is 13.1. The number of aliphatic hydroxyl groups is 1. The Labute approximate surface area is 278 Å². The van der Waals surface area contributed by atoms with E-state index in [4.69, 9.17) is 42.8 Å². The topological polar surface area (TPSA) is 129 Å². The van der Waals surface area contributed by atoms with Crippen molar-refractivity contribution in [1.82, 2.24) is 5.32 Å². The second-order valence-electron chi connectivity index (χ2n) is 10.3. The second-order valence-corrected chi connectivity index (χ2v) is 12.0. The zero-order valence-electron chi connectivity index (χ0n) is 23.9. The Hall–Kier alpha value is -4.05. The third-order valence-corrected chi connectivity index (χ3v) is 8.36. The minimum Gasteiger partial charge on any atom is -0.494 e. The van der Waals surface area contributed by atoms with Crippen LogP contribution in [0.25, 0.3) is 10.4 Å². The first kappa shape index (κ1) is 32.3. The number of carbonyl (C=O) groups is 1. The van der Waals surface area contributed by atoms with Crippen molar-refractivity contribution < 1.29 is 19.4 Å². The van der Waals surface area contributed by atoms with Crippen LogP contribution in [0.3, 0.4) is 0 Å². The van der Waals surface area contributed by atoms with Crippen molar-refractivity contribution in [3.63, 3.8) is 0 Å². The molecule has 5 rings (SSSR count). The fraction of sp³-hybridized carbons (Fsp3) is 0.212. The molecule has 45 heavy (non-hydrogen) atoms. The minimum absolute atomic E-state index is 0.0359. The molecule has 12 heteroatoms. The summed E-state index contributed by atoms with van der Waals surface area (Å²) in [6.07, 6.45) is -0.278. The third kappa shape index (κ3) is 7.61. The summed E-state index contributed by atoms with van der Waals surface area (Å²) in [6, 6.07) is 26.8. The number of hydrogen-bond donors (Lipinski definition) is 2. The van der Waals surface area contributed by atoms with Crippen LogP contribution in [-0.2, 0) is 22.5 Å². The first-order valence-electron chi connectivity index (χ1n) is 14.0. The maximum Gasteiger partial charge on any atom is 0.252 e. The fourth-order valence-electron chi connectivity index (χ4n) is 5.01. The average Bonchev–Trinajstić information content (AvgIpc) is 3.42. The highest BCUT2D eigenvalue weighted by Crippen LogP contribution is 2.45. The second kappa shape index (κ2) is 14.8. The summed E-state index contributed by atoms with van der Waals surface area (Å²) in [6.45, 7) is 0.528. The van der Waals surface area contributed by atoms with Gasteiger partial charge in [-0.1, -0.05) is 86.7 Å². The van der Waals surface area contributed by atoms with Gasteiger partial charge < -0.3 is 19.9 Å². The van der Waals surface area contributed by atoms with E-state index in [1.807, 2.05) is 24.3 Å². The number of halogens is 3. The molecule has 4 aromatic rings. The van der Waals surface area contributed by atoms with Gasteiger partial charge in [-0.05, 0) is 65.2 Å². The predicted molar refractivity (Wildman–Crippen MR) is 178 cm³/mol. The van der Waals surface area contributed by atoms with Crippen molar-refractivity contribution in [2.45, 2.75) is 31.0 Å². The molecule has 0 saturated heterocycles. The summed E-state index contributed by atoms with van der Waals surface area (Å²) >= 11 is 16.0. The average molecular weight is 709 g/mol. The molecule has 4 aromatic carbocycles. The molecule has 0 aromatic heterocycles. The molecule has 0 bridgehead atoms. The van der Waals surface area contributed by atoms with E-state index >= 15 is 0 Å². The summed E-state index contributed by atoms with van der Waals surface area (Å²) in [4.78, 5) is 22.5. The van der Waals surface area contributed by atoms with Gasteiger partial charge in [0.1, 0.15) is 5.75 Å². The molecule has 0 spiro atoms. The number of rotatable bonds is 12. The fourth-order valence-corrected chi connectivity index (χ4v) is 5.75. The number of ether oxygens (including phenoxy) is 2. The monoisotopic (exact) mass is 707 g/mol. The van der Waals surface area contributed by atoms with Crippen LogP contribution in [0.1, 0.15) is 34.8 Å². The standard InChI is InChI=1S/C33H28BrCl2N5O4/c34-24-11-6-21(7-12-24)19-33(32(43)38-20-23-8-13-25(35)18-28(23)36)30(27-4-1-2-5-29(27)40-41-37)45-31(39-33)22-9-14-26(15-10-22)44-17-3-16-42/h1-2,4-15,18,30,42H,3,16-17,19-20H2,(H,38,43)/t30-,33-/m1/s1. The van der Waals surface area contributed by atoms with Crippen LogP contribution in [0.2, 0.25) is 10.0 Å². The number of benzene rings is 4. The van der Waals surface area contributed by atoms with Gasteiger partial charge in [0.2, 0.25) is 5.90 Å². The molecule has 0 aliphatic carbocycles. The van der Waals surface area contributed by atoms with Gasteiger partial charge in [-0.3, -0.25) is 4.79 Å². The maximum atomic E-state index is 14.5. The molecule has 0 saturated carbocycles. The van der Waals surface area contributed by atoms with Crippen LogP contribution >= 0.6 is 39.1 Å². The number of aliphatic imine (C=N–C) groups is 1. The number of amides is 1. The number of nitrogens with zero attached hydrogens (tertiary/aromatic N) is 4. The molecule has 0 unspecified atom stereocenters. The van der Waals surface area contributed by atoms with E-state index in [1.54, 1.807) is 66.7 Å². The van der Waals surface area contributed by atoms with E-state index in [2.05, 4.69) is 31.3 Å². The Morgan fingerprint density at radius 1 is 1.09 bits per heavy atom. The maximum absolute atomic E-state index is 14.5. The lowest BCUT2D eigenvalue weighted by Crippen LogP contribution is -2.49. The Morgan fingerprint density at radius 2 is 1.84 bits per heavy atom. The molecular weight excluding hydrogens is 681 g/mol. The Bertz CT molecular complexity index is 1750. The van der Waals surface area contributed by atoms with Crippen molar-refractivity contribution in [1.29, 1.82) is 0 Å². The van der Waals surface area contributed by atoms with Gasteiger partial charge in [0.05, 0.1) is 6.61 Å². The number of nitrogens with one attached hydrogen (secondary N) is 1. The van der Waals surface area contributed by atoms with E-state index in [0.29, 0.717) is 51.2 Å². The summed E-state index contributed by atoms with van der Waals surface area (Å²) in [5, 5.41) is 16.9. The normalized spacial score (nSPS) is 17.2. The predicted octanol–water partition coefficient (Wildman–Crippen LogP) is 8.27. The van der Waals surface area contributed by atoms with E-state index in [-0.39, 0.29) is 25.5 Å². The van der Waals surface area contributed by atoms with Crippen molar-refractivity contribution in [3.8, 4) is 5.75 Å². The SMILES string of the molecule is [N-]=[N+]=Nc1ccccc1[C@H]1OC(c2ccc(OCCCO)cc2)=N[C@@]1(Cc1ccc(Br)cc1)C(=O)NCc1ccc(Cl)cc1Cl. The van der Waals surface area contributed by atoms with Gasteiger partial charge in [-0.15, -0.1) is 0 Å². The van der Waals surface area contributed by atoms with Crippen LogP contribution in [0.5, 0.6) is 5.75 Å².